The number of hydrogen-bond donors (Lipinski definition) is 0. The molecule has 0 spiro atoms. The van der Waals surface area contributed by atoms with E-state index >= 15 is 0 Å². The maximum absolute atomic E-state index is 10.1. The minimum atomic E-state index is -1.30. The average Bonchev–Trinajstić information content (AvgIpc) is 2.34. The molecule has 0 aromatic heterocycles. The molecule has 0 aliphatic heterocycles. The standard InChI is InChI=1S/C12H8N2O3.Na/c13-6-10(7-14)5-9-1-3-11(4-2-9)17-8-12(15)16;/h1-5H,8H2,(H,15,16);/q;+1/p-1. The van der Waals surface area contributed by atoms with Gasteiger partial charge in [0.05, 0.1) is 5.97 Å². The predicted octanol–water partition coefficient (Wildman–Crippen LogP) is -2.75. The van der Waals surface area contributed by atoms with E-state index in [1.165, 1.54) is 6.08 Å². The molecule has 0 unspecified atom stereocenters. The quantitative estimate of drug-likeness (QED) is 0.426. The van der Waals surface area contributed by atoms with Crippen LogP contribution in [0.5, 0.6) is 5.75 Å². The number of aliphatic carboxylic acids is 1. The molecule has 6 heteroatoms. The number of rotatable bonds is 4. The Morgan fingerprint density at radius 1 is 1.28 bits per heavy atom. The van der Waals surface area contributed by atoms with Crippen molar-refractivity contribution in [2.24, 2.45) is 0 Å². The largest absolute Gasteiger partial charge is 1.00 e. The molecule has 0 saturated heterocycles. The van der Waals surface area contributed by atoms with Gasteiger partial charge in [0.2, 0.25) is 0 Å². The van der Waals surface area contributed by atoms with Crippen molar-refractivity contribution in [3.8, 4) is 17.9 Å². The summed E-state index contributed by atoms with van der Waals surface area (Å²) in [6.45, 7) is -0.517. The second-order valence-electron chi connectivity index (χ2n) is 3.01. The molecule has 0 heterocycles. The molecule has 0 amide bonds. The second-order valence-corrected chi connectivity index (χ2v) is 3.01. The molecule has 0 bridgehead atoms. The van der Waals surface area contributed by atoms with Crippen LogP contribution in [0, 0.1) is 22.7 Å². The van der Waals surface area contributed by atoms with Crippen molar-refractivity contribution >= 4 is 12.0 Å². The number of ether oxygens (including phenoxy) is 1. The summed E-state index contributed by atoms with van der Waals surface area (Å²) in [6, 6.07) is 9.78. The molecule has 0 fully saturated rings. The van der Waals surface area contributed by atoms with Gasteiger partial charge in [-0.3, -0.25) is 0 Å². The van der Waals surface area contributed by atoms with Crippen LogP contribution < -0.4 is 39.4 Å². The van der Waals surface area contributed by atoms with Gasteiger partial charge in [0.15, 0.2) is 0 Å². The topological polar surface area (TPSA) is 96.9 Å². The SMILES string of the molecule is N#CC(C#N)=Cc1ccc(OCC(=O)[O-])cc1.[Na+]. The number of carbonyl (C=O) groups excluding carboxylic acids is 1. The van der Waals surface area contributed by atoms with Gasteiger partial charge in [-0.2, -0.15) is 10.5 Å². The number of nitriles is 2. The smallest absolute Gasteiger partial charge is 0.546 e. The van der Waals surface area contributed by atoms with Gasteiger partial charge in [-0.05, 0) is 23.8 Å². The molecule has 18 heavy (non-hydrogen) atoms. The number of carbonyl (C=O) groups is 1. The van der Waals surface area contributed by atoms with Gasteiger partial charge in [-0.1, -0.05) is 12.1 Å². The third-order valence-corrected chi connectivity index (χ3v) is 1.79. The van der Waals surface area contributed by atoms with Gasteiger partial charge >= 0.3 is 29.6 Å². The fourth-order valence-electron chi connectivity index (χ4n) is 1.06. The van der Waals surface area contributed by atoms with Crippen LogP contribution in [-0.4, -0.2) is 12.6 Å². The zero-order chi connectivity index (χ0) is 12.7. The maximum atomic E-state index is 10.1. The van der Waals surface area contributed by atoms with E-state index in [1.54, 1.807) is 36.4 Å². The van der Waals surface area contributed by atoms with Gasteiger partial charge in [0.25, 0.3) is 0 Å². The molecular weight excluding hydrogens is 243 g/mol. The predicted molar refractivity (Wildman–Crippen MR) is 56.1 cm³/mol. The maximum Gasteiger partial charge on any atom is 1.00 e. The Hall–Kier alpha value is -1.79. The first-order valence-electron chi connectivity index (χ1n) is 4.60. The number of carboxylic acids is 1. The van der Waals surface area contributed by atoms with Gasteiger partial charge in [0.1, 0.15) is 30.1 Å². The summed E-state index contributed by atoms with van der Waals surface area (Å²) in [5.74, 6) is -0.924. The average molecular weight is 250 g/mol. The van der Waals surface area contributed by atoms with E-state index in [-0.39, 0.29) is 35.1 Å². The van der Waals surface area contributed by atoms with E-state index < -0.39 is 12.6 Å². The summed E-state index contributed by atoms with van der Waals surface area (Å²) in [6.07, 6.45) is 1.42. The first-order chi connectivity index (χ1) is 8.15. The monoisotopic (exact) mass is 250 g/mol. The minimum absolute atomic E-state index is 0. The minimum Gasteiger partial charge on any atom is -0.546 e. The summed E-state index contributed by atoms with van der Waals surface area (Å²) in [7, 11) is 0. The van der Waals surface area contributed by atoms with Crippen LogP contribution in [0.25, 0.3) is 6.08 Å². The van der Waals surface area contributed by atoms with Crippen LogP contribution in [0.4, 0.5) is 0 Å². The third-order valence-electron chi connectivity index (χ3n) is 1.79. The van der Waals surface area contributed by atoms with Crippen molar-refractivity contribution in [2.45, 2.75) is 0 Å². The van der Waals surface area contributed by atoms with Crippen molar-refractivity contribution in [3.05, 3.63) is 35.4 Å². The second kappa shape index (κ2) is 8.32. The number of carboxylic acid groups (broad SMARTS) is 1. The van der Waals surface area contributed by atoms with Crippen LogP contribution in [0.15, 0.2) is 29.8 Å². The van der Waals surface area contributed by atoms with Crippen molar-refractivity contribution in [2.75, 3.05) is 6.61 Å². The Morgan fingerprint density at radius 3 is 2.28 bits per heavy atom. The fourth-order valence-corrected chi connectivity index (χ4v) is 1.06. The van der Waals surface area contributed by atoms with E-state index in [2.05, 4.69) is 0 Å². The Morgan fingerprint density at radius 2 is 1.83 bits per heavy atom. The van der Waals surface area contributed by atoms with Crippen LogP contribution in [0.2, 0.25) is 0 Å². The summed E-state index contributed by atoms with van der Waals surface area (Å²) >= 11 is 0. The van der Waals surface area contributed by atoms with E-state index in [1.807, 2.05) is 0 Å². The number of nitrogens with zero attached hydrogens (tertiary/aromatic N) is 2. The fraction of sp³-hybridized carbons (Fsp3) is 0.0833. The van der Waals surface area contributed by atoms with Crippen molar-refractivity contribution in [1.29, 1.82) is 10.5 Å². The number of benzene rings is 1. The molecule has 1 aromatic rings. The Balaban J connectivity index is 0.00000289. The van der Waals surface area contributed by atoms with E-state index in [4.69, 9.17) is 15.3 Å². The molecule has 1 rings (SSSR count). The van der Waals surface area contributed by atoms with E-state index in [0.29, 0.717) is 11.3 Å². The molecule has 0 aliphatic rings. The molecular formula is C12H7N2NaO3. The Labute approximate surface area is 126 Å². The van der Waals surface area contributed by atoms with E-state index in [0.717, 1.165) is 0 Å². The molecule has 0 N–H and O–H groups in total. The van der Waals surface area contributed by atoms with E-state index in [9.17, 15) is 9.90 Å². The van der Waals surface area contributed by atoms with Crippen LogP contribution >= 0.6 is 0 Å². The molecule has 84 valence electrons. The molecule has 5 nitrogen and oxygen atoms in total. The molecule has 0 radical (unpaired) electrons. The first kappa shape index (κ1) is 16.2. The third kappa shape index (κ3) is 5.51. The number of allylic oxidation sites excluding steroid dienone is 1. The molecule has 0 atom stereocenters. The van der Waals surface area contributed by atoms with Gasteiger partial charge in [-0.15, -0.1) is 0 Å². The first-order valence-corrected chi connectivity index (χ1v) is 4.60. The zero-order valence-corrected chi connectivity index (χ0v) is 11.7. The van der Waals surface area contributed by atoms with Gasteiger partial charge in [-0.25, -0.2) is 0 Å². The zero-order valence-electron chi connectivity index (χ0n) is 9.71. The van der Waals surface area contributed by atoms with Crippen LogP contribution in [-0.2, 0) is 4.79 Å². The molecule has 0 aliphatic carbocycles. The van der Waals surface area contributed by atoms with Crippen LogP contribution in [0.1, 0.15) is 5.56 Å². The molecule has 0 saturated carbocycles. The van der Waals surface area contributed by atoms with Crippen molar-refractivity contribution in [1.82, 2.24) is 0 Å². The number of hydrogen-bond acceptors (Lipinski definition) is 5. The summed E-state index contributed by atoms with van der Waals surface area (Å²) in [5.41, 5.74) is 0.650. The summed E-state index contributed by atoms with van der Waals surface area (Å²) in [4.78, 5) is 10.1. The van der Waals surface area contributed by atoms with Gasteiger partial charge in [0, 0.05) is 0 Å². The normalized spacial score (nSPS) is 8.11. The summed E-state index contributed by atoms with van der Waals surface area (Å²) in [5, 5.41) is 27.2. The summed E-state index contributed by atoms with van der Waals surface area (Å²) < 4.78 is 4.87. The van der Waals surface area contributed by atoms with Gasteiger partial charge < -0.3 is 14.6 Å². The van der Waals surface area contributed by atoms with Crippen molar-refractivity contribution < 1.29 is 44.2 Å². The van der Waals surface area contributed by atoms with Crippen molar-refractivity contribution in [3.63, 3.8) is 0 Å². The molecule has 1 aromatic carbocycles. The Kier molecular flexibility index (Phi) is 7.50. The van der Waals surface area contributed by atoms with Crippen LogP contribution in [0.3, 0.4) is 0 Å². The Bertz CT molecular complexity index is 508.